The zero-order chi connectivity index (χ0) is 18.4. The Morgan fingerprint density at radius 1 is 1.28 bits per heavy atom. The van der Waals surface area contributed by atoms with Gasteiger partial charge in [-0.2, -0.15) is 0 Å². The molecule has 0 fully saturated rings. The summed E-state index contributed by atoms with van der Waals surface area (Å²) in [6.45, 7) is 9.29. The number of carbonyl (C=O) groups excluding carboxylic acids is 2. The quantitative estimate of drug-likeness (QED) is 0.794. The van der Waals surface area contributed by atoms with Gasteiger partial charge in [-0.05, 0) is 45.9 Å². The number of Topliss-reactive ketones (excluding diaryl/α,β-unsaturated/α-hetero) is 1. The molecule has 0 unspecified atom stereocenters. The molecule has 0 spiro atoms. The second-order valence-corrected chi connectivity index (χ2v) is 6.77. The molecular formula is C19H22N2O4. The van der Waals surface area contributed by atoms with Gasteiger partial charge in [-0.3, -0.25) is 9.59 Å². The van der Waals surface area contributed by atoms with Crippen molar-refractivity contribution in [3.8, 4) is 5.75 Å². The van der Waals surface area contributed by atoms with Crippen LogP contribution in [0.1, 0.15) is 54.6 Å². The zero-order valence-electron chi connectivity index (χ0n) is 15.2. The van der Waals surface area contributed by atoms with Crippen molar-refractivity contribution in [1.82, 2.24) is 5.16 Å². The van der Waals surface area contributed by atoms with Crippen molar-refractivity contribution in [3.05, 3.63) is 40.8 Å². The minimum Gasteiger partial charge on any atom is -0.476 e. The number of rotatable bonds is 4. The molecule has 1 aromatic carbocycles. The number of aromatic nitrogens is 1. The molecule has 6 nitrogen and oxygen atoms in total. The van der Waals surface area contributed by atoms with Crippen LogP contribution in [0.2, 0.25) is 0 Å². The number of nitrogens with zero attached hydrogens (tertiary/aromatic N) is 2. The van der Waals surface area contributed by atoms with E-state index in [9.17, 15) is 9.59 Å². The van der Waals surface area contributed by atoms with Crippen molar-refractivity contribution < 1.29 is 18.8 Å². The lowest BCUT2D eigenvalue weighted by molar-refractivity contribution is -0.132. The lowest BCUT2D eigenvalue weighted by Gasteiger charge is -2.39. The monoisotopic (exact) mass is 342 g/mol. The van der Waals surface area contributed by atoms with Gasteiger partial charge in [0.05, 0.1) is 17.9 Å². The minimum atomic E-state index is -0.984. The molecule has 0 radical (unpaired) electrons. The Hall–Kier alpha value is -2.63. The van der Waals surface area contributed by atoms with E-state index < -0.39 is 5.60 Å². The molecule has 1 aliphatic rings. The first-order chi connectivity index (χ1) is 11.7. The molecule has 132 valence electrons. The maximum atomic E-state index is 13.0. The first-order valence-corrected chi connectivity index (χ1v) is 8.34. The number of hydrogen-bond donors (Lipinski definition) is 0. The molecule has 2 heterocycles. The van der Waals surface area contributed by atoms with Gasteiger partial charge in [-0.25, -0.2) is 0 Å². The van der Waals surface area contributed by atoms with Gasteiger partial charge in [0.25, 0.3) is 5.91 Å². The summed E-state index contributed by atoms with van der Waals surface area (Å²) in [6, 6.07) is 5.23. The molecule has 1 aromatic heterocycles. The number of amides is 1. The van der Waals surface area contributed by atoms with Crippen LogP contribution in [0.4, 0.5) is 5.69 Å². The van der Waals surface area contributed by atoms with Crippen molar-refractivity contribution in [1.29, 1.82) is 0 Å². The molecule has 25 heavy (non-hydrogen) atoms. The van der Waals surface area contributed by atoms with Gasteiger partial charge in [-0.15, -0.1) is 0 Å². The van der Waals surface area contributed by atoms with Crippen molar-refractivity contribution in [2.45, 2.75) is 53.2 Å². The average Bonchev–Trinajstić information content (AvgIpc) is 2.89. The Labute approximate surface area is 146 Å². The van der Waals surface area contributed by atoms with E-state index in [0.717, 1.165) is 11.3 Å². The fraction of sp³-hybridized carbons (Fsp3) is 0.421. The van der Waals surface area contributed by atoms with E-state index in [1.807, 2.05) is 20.8 Å². The van der Waals surface area contributed by atoms with Crippen LogP contribution in [0.3, 0.4) is 0 Å². The zero-order valence-corrected chi connectivity index (χ0v) is 15.2. The Morgan fingerprint density at radius 2 is 2.00 bits per heavy atom. The molecule has 0 saturated carbocycles. The summed E-state index contributed by atoms with van der Waals surface area (Å²) >= 11 is 0. The molecule has 2 aromatic rings. The topological polar surface area (TPSA) is 72.6 Å². The third-order valence-corrected chi connectivity index (χ3v) is 4.52. The van der Waals surface area contributed by atoms with Crippen LogP contribution in [-0.2, 0) is 11.3 Å². The summed E-state index contributed by atoms with van der Waals surface area (Å²) in [6.07, 6.45) is 0.406. The number of ether oxygens (including phenoxy) is 1. The van der Waals surface area contributed by atoms with Gasteiger partial charge in [0, 0.05) is 17.5 Å². The number of aryl methyl sites for hydroxylation is 2. The first kappa shape index (κ1) is 17.2. The van der Waals surface area contributed by atoms with Crippen molar-refractivity contribution in [2.24, 2.45) is 0 Å². The SMILES string of the molecule is CCC(=O)c1ccc2c(c1)N(Cc1c(C)noc1C)C(=O)C(C)(C)O2. The Bertz CT molecular complexity index is 832. The van der Waals surface area contributed by atoms with E-state index in [1.165, 1.54) is 0 Å². The van der Waals surface area contributed by atoms with E-state index in [2.05, 4.69) is 5.16 Å². The Balaban J connectivity index is 2.10. The van der Waals surface area contributed by atoms with Crippen LogP contribution >= 0.6 is 0 Å². The highest BCUT2D eigenvalue weighted by atomic mass is 16.5. The van der Waals surface area contributed by atoms with E-state index >= 15 is 0 Å². The molecule has 0 bridgehead atoms. The number of benzene rings is 1. The van der Waals surface area contributed by atoms with E-state index in [0.29, 0.717) is 35.7 Å². The van der Waals surface area contributed by atoms with Crippen LogP contribution in [0, 0.1) is 13.8 Å². The number of fused-ring (bicyclic) bond motifs is 1. The van der Waals surface area contributed by atoms with E-state index in [-0.39, 0.29) is 11.7 Å². The van der Waals surface area contributed by atoms with Gasteiger partial charge < -0.3 is 14.2 Å². The first-order valence-electron chi connectivity index (χ1n) is 8.34. The highest BCUT2D eigenvalue weighted by molar-refractivity contribution is 6.04. The molecule has 0 saturated heterocycles. The highest BCUT2D eigenvalue weighted by Crippen LogP contribution is 2.39. The number of carbonyl (C=O) groups is 2. The third kappa shape index (κ3) is 2.92. The number of hydrogen-bond acceptors (Lipinski definition) is 5. The van der Waals surface area contributed by atoms with Gasteiger partial charge in [-0.1, -0.05) is 12.1 Å². The lowest BCUT2D eigenvalue weighted by Crippen LogP contribution is -2.52. The highest BCUT2D eigenvalue weighted by Gasteiger charge is 2.41. The molecule has 6 heteroatoms. The third-order valence-electron chi connectivity index (χ3n) is 4.52. The second-order valence-electron chi connectivity index (χ2n) is 6.77. The largest absolute Gasteiger partial charge is 0.476 e. The van der Waals surface area contributed by atoms with E-state index in [4.69, 9.17) is 9.26 Å². The summed E-state index contributed by atoms with van der Waals surface area (Å²) in [5, 5.41) is 3.96. The lowest BCUT2D eigenvalue weighted by atomic mass is 10.00. The van der Waals surface area contributed by atoms with Crippen molar-refractivity contribution >= 4 is 17.4 Å². The fourth-order valence-electron chi connectivity index (χ4n) is 2.99. The Morgan fingerprint density at radius 3 is 2.60 bits per heavy atom. The maximum absolute atomic E-state index is 13.0. The molecular weight excluding hydrogens is 320 g/mol. The summed E-state index contributed by atoms with van der Waals surface area (Å²) in [5.74, 6) is 1.12. The predicted octanol–water partition coefficient (Wildman–Crippen LogP) is 3.59. The molecule has 3 rings (SSSR count). The smallest absolute Gasteiger partial charge is 0.271 e. The molecule has 0 N–H and O–H groups in total. The second kappa shape index (κ2) is 6.02. The average molecular weight is 342 g/mol. The minimum absolute atomic E-state index is 0.0253. The van der Waals surface area contributed by atoms with Gasteiger partial charge >= 0.3 is 0 Å². The molecule has 1 amide bonds. The molecule has 0 aliphatic carbocycles. The van der Waals surface area contributed by atoms with Crippen LogP contribution in [0.15, 0.2) is 22.7 Å². The van der Waals surface area contributed by atoms with Gasteiger partial charge in [0.1, 0.15) is 11.5 Å². The van der Waals surface area contributed by atoms with Crippen LogP contribution in [0.5, 0.6) is 5.75 Å². The Kier molecular flexibility index (Phi) is 4.14. The maximum Gasteiger partial charge on any atom is 0.271 e. The van der Waals surface area contributed by atoms with Gasteiger partial charge in [0.15, 0.2) is 11.4 Å². The van der Waals surface area contributed by atoms with Crippen LogP contribution in [0.25, 0.3) is 0 Å². The summed E-state index contributed by atoms with van der Waals surface area (Å²) < 4.78 is 11.1. The van der Waals surface area contributed by atoms with Crippen molar-refractivity contribution in [3.63, 3.8) is 0 Å². The summed E-state index contributed by atoms with van der Waals surface area (Å²) in [4.78, 5) is 26.7. The van der Waals surface area contributed by atoms with Gasteiger partial charge in [0.2, 0.25) is 0 Å². The number of ketones is 1. The molecule has 1 aliphatic heterocycles. The standard InChI is InChI=1S/C19H22N2O4/c1-6-16(22)13-7-8-17-15(9-13)21(18(23)19(4,5)24-17)10-14-11(2)20-25-12(14)3/h7-9H,6,10H2,1-5H3. The normalized spacial score (nSPS) is 15.7. The summed E-state index contributed by atoms with van der Waals surface area (Å²) in [5.41, 5.74) is 1.80. The fourth-order valence-corrected chi connectivity index (χ4v) is 2.99. The van der Waals surface area contributed by atoms with E-state index in [1.54, 1.807) is 36.9 Å². The summed E-state index contributed by atoms with van der Waals surface area (Å²) in [7, 11) is 0. The van der Waals surface area contributed by atoms with Crippen molar-refractivity contribution in [2.75, 3.05) is 4.90 Å². The van der Waals surface area contributed by atoms with Crippen LogP contribution in [-0.4, -0.2) is 22.4 Å². The predicted molar refractivity (Wildman–Crippen MR) is 92.9 cm³/mol. The number of anilines is 1. The molecule has 0 atom stereocenters. The van der Waals surface area contributed by atoms with Crippen LogP contribution < -0.4 is 9.64 Å².